The predicted octanol–water partition coefficient (Wildman–Crippen LogP) is 2.22. The second-order valence-corrected chi connectivity index (χ2v) is 4.72. The lowest BCUT2D eigenvalue weighted by molar-refractivity contribution is 0.475. The number of halogens is 1. The van der Waals surface area contributed by atoms with Gasteiger partial charge >= 0.3 is 0 Å². The van der Waals surface area contributed by atoms with E-state index in [4.69, 9.17) is 11.6 Å². The lowest BCUT2D eigenvalue weighted by Gasteiger charge is -2.18. The summed E-state index contributed by atoms with van der Waals surface area (Å²) in [6, 6.07) is 6.79. The Morgan fingerprint density at radius 1 is 1.32 bits per heavy atom. The molecule has 0 amide bonds. The normalized spacial score (nSPS) is 13.9. The Bertz CT molecular complexity index is 618. The number of phenolic OH excluding ortho intramolecular Hbond substituents is 1. The molecule has 19 heavy (non-hydrogen) atoms. The van der Waals surface area contributed by atoms with Gasteiger partial charge in [0.15, 0.2) is 0 Å². The van der Waals surface area contributed by atoms with E-state index in [0.29, 0.717) is 17.6 Å². The van der Waals surface area contributed by atoms with Crippen molar-refractivity contribution >= 4 is 23.2 Å². The molecule has 5 nitrogen and oxygen atoms in total. The van der Waals surface area contributed by atoms with Crippen molar-refractivity contribution in [3.63, 3.8) is 0 Å². The molecule has 2 heterocycles. The summed E-state index contributed by atoms with van der Waals surface area (Å²) >= 11 is 6.18. The van der Waals surface area contributed by atoms with Crippen LogP contribution in [-0.4, -0.2) is 21.6 Å². The van der Waals surface area contributed by atoms with Crippen LogP contribution in [-0.2, 0) is 13.0 Å². The van der Waals surface area contributed by atoms with Crippen LogP contribution in [0.3, 0.4) is 0 Å². The van der Waals surface area contributed by atoms with E-state index < -0.39 is 0 Å². The summed E-state index contributed by atoms with van der Waals surface area (Å²) in [4.78, 5) is 8.69. The van der Waals surface area contributed by atoms with Crippen molar-refractivity contribution in [3.8, 4) is 5.75 Å². The zero-order chi connectivity index (χ0) is 13.2. The molecule has 3 rings (SSSR count). The second kappa shape index (κ2) is 5.03. The van der Waals surface area contributed by atoms with Crippen molar-refractivity contribution in [2.24, 2.45) is 0 Å². The molecule has 1 aliphatic rings. The monoisotopic (exact) mass is 276 g/mol. The van der Waals surface area contributed by atoms with E-state index in [1.54, 1.807) is 18.2 Å². The van der Waals surface area contributed by atoms with Gasteiger partial charge in [0.1, 0.15) is 10.9 Å². The third kappa shape index (κ3) is 2.62. The number of benzene rings is 1. The molecule has 3 N–H and O–H groups in total. The van der Waals surface area contributed by atoms with E-state index in [0.717, 1.165) is 29.9 Å². The van der Waals surface area contributed by atoms with E-state index in [1.165, 1.54) is 0 Å². The number of rotatable bonds is 2. The molecule has 0 saturated heterocycles. The molecule has 0 saturated carbocycles. The van der Waals surface area contributed by atoms with Crippen LogP contribution in [0.5, 0.6) is 5.75 Å². The van der Waals surface area contributed by atoms with Crippen molar-refractivity contribution in [3.05, 3.63) is 40.7 Å². The minimum atomic E-state index is 0.190. The third-order valence-electron chi connectivity index (χ3n) is 2.99. The molecule has 0 fully saturated rings. The van der Waals surface area contributed by atoms with Crippen molar-refractivity contribution in [1.29, 1.82) is 0 Å². The number of anilines is 2. The van der Waals surface area contributed by atoms with Gasteiger partial charge in [0.2, 0.25) is 5.95 Å². The zero-order valence-corrected chi connectivity index (χ0v) is 10.9. The van der Waals surface area contributed by atoms with Crippen molar-refractivity contribution < 1.29 is 5.11 Å². The zero-order valence-electron chi connectivity index (χ0n) is 10.2. The van der Waals surface area contributed by atoms with E-state index in [2.05, 4.69) is 20.6 Å². The Labute approximate surface area is 115 Å². The summed E-state index contributed by atoms with van der Waals surface area (Å²) in [5.41, 5.74) is 2.66. The van der Waals surface area contributed by atoms with E-state index in [1.807, 2.05) is 6.07 Å². The van der Waals surface area contributed by atoms with Crippen LogP contribution in [0, 0.1) is 0 Å². The molecule has 1 aromatic heterocycles. The largest absolute Gasteiger partial charge is 0.508 e. The van der Waals surface area contributed by atoms with Gasteiger partial charge in [0.25, 0.3) is 0 Å². The summed E-state index contributed by atoms with van der Waals surface area (Å²) in [6.45, 7) is 1.60. The highest BCUT2D eigenvalue weighted by atomic mass is 35.5. The molecule has 0 aliphatic carbocycles. The molecule has 1 aromatic carbocycles. The quantitative estimate of drug-likeness (QED) is 0.734. The first-order valence-electron chi connectivity index (χ1n) is 6.04. The number of nitrogens with one attached hydrogen (secondary N) is 2. The average molecular weight is 277 g/mol. The lowest BCUT2D eigenvalue weighted by Crippen LogP contribution is -2.25. The smallest absolute Gasteiger partial charge is 0.228 e. The van der Waals surface area contributed by atoms with Gasteiger partial charge in [-0.15, -0.1) is 0 Å². The minimum Gasteiger partial charge on any atom is -0.508 e. The number of aromatic nitrogens is 2. The molecule has 1 aliphatic heterocycles. The number of hydrogen-bond donors (Lipinski definition) is 3. The molecular weight excluding hydrogens is 264 g/mol. The van der Waals surface area contributed by atoms with Gasteiger partial charge in [-0.05, 0) is 25.1 Å². The molecule has 2 aromatic rings. The number of hydrogen-bond acceptors (Lipinski definition) is 5. The third-order valence-corrected chi connectivity index (χ3v) is 3.30. The maximum atomic E-state index is 9.42. The standard InChI is InChI=1S/C13H13ClN4O/c14-12-10-4-5-15-7-11(10)17-13(18-12)16-8-2-1-3-9(19)6-8/h1-3,6,15,19H,4-5,7H2,(H,16,17,18). The molecule has 0 bridgehead atoms. The van der Waals surface area contributed by atoms with Crippen LogP contribution >= 0.6 is 11.6 Å². The number of phenols is 1. The fourth-order valence-corrected chi connectivity index (χ4v) is 2.37. The van der Waals surface area contributed by atoms with Crippen LogP contribution in [0.2, 0.25) is 5.15 Å². The molecule has 0 unspecified atom stereocenters. The van der Waals surface area contributed by atoms with Gasteiger partial charge < -0.3 is 15.7 Å². The fourth-order valence-electron chi connectivity index (χ4n) is 2.08. The Hall–Kier alpha value is -1.85. The highest BCUT2D eigenvalue weighted by Gasteiger charge is 2.16. The molecule has 98 valence electrons. The van der Waals surface area contributed by atoms with Crippen LogP contribution in [0.1, 0.15) is 11.3 Å². The number of fused-ring (bicyclic) bond motifs is 1. The van der Waals surface area contributed by atoms with Gasteiger partial charge in [-0.3, -0.25) is 0 Å². The highest BCUT2D eigenvalue weighted by molar-refractivity contribution is 6.30. The van der Waals surface area contributed by atoms with Gasteiger partial charge in [0.05, 0.1) is 5.69 Å². The number of aromatic hydroxyl groups is 1. The molecule has 0 spiro atoms. The summed E-state index contributed by atoms with van der Waals surface area (Å²) in [6.07, 6.45) is 0.848. The summed E-state index contributed by atoms with van der Waals surface area (Å²) in [5.74, 6) is 0.633. The van der Waals surface area contributed by atoms with E-state index in [9.17, 15) is 5.11 Å². The van der Waals surface area contributed by atoms with Gasteiger partial charge in [-0.2, -0.15) is 0 Å². The van der Waals surface area contributed by atoms with Crippen molar-refractivity contribution in [2.75, 3.05) is 11.9 Å². The first-order valence-corrected chi connectivity index (χ1v) is 6.42. The second-order valence-electron chi connectivity index (χ2n) is 4.37. The minimum absolute atomic E-state index is 0.190. The Balaban J connectivity index is 1.91. The van der Waals surface area contributed by atoms with Gasteiger partial charge in [0, 0.05) is 23.9 Å². The maximum absolute atomic E-state index is 9.42. The first kappa shape index (κ1) is 12.2. The fraction of sp³-hybridized carbons (Fsp3) is 0.231. The Morgan fingerprint density at radius 2 is 2.21 bits per heavy atom. The highest BCUT2D eigenvalue weighted by Crippen LogP contribution is 2.24. The average Bonchev–Trinajstić information content (AvgIpc) is 2.39. The lowest BCUT2D eigenvalue weighted by atomic mass is 10.1. The van der Waals surface area contributed by atoms with Crippen molar-refractivity contribution in [2.45, 2.75) is 13.0 Å². The molecular formula is C13H13ClN4O. The van der Waals surface area contributed by atoms with E-state index in [-0.39, 0.29) is 5.75 Å². The van der Waals surface area contributed by atoms with Crippen molar-refractivity contribution in [1.82, 2.24) is 15.3 Å². The Morgan fingerprint density at radius 3 is 3.05 bits per heavy atom. The van der Waals surface area contributed by atoms with Crippen LogP contribution in [0.25, 0.3) is 0 Å². The summed E-state index contributed by atoms with van der Waals surface area (Å²) < 4.78 is 0. The maximum Gasteiger partial charge on any atom is 0.228 e. The summed E-state index contributed by atoms with van der Waals surface area (Å²) in [7, 11) is 0. The summed E-state index contributed by atoms with van der Waals surface area (Å²) in [5, 5.41) is 16.2. The molecule has 0 radical (unpaired) electrons. The van der Waals surface area contributed by atoms with Gasteiger partial charge in [-0.1, -0.05) is 17.7 Å². The predicted molar refractivity (Wildman–Crippen MR) is 73.8 cm³/mol. The van der Waals surface area contributed by atoms with Gasteiger partial charge in [-0.25, -0.2) is 9.97 Å². The van der Waals surface area contributed by atoms with Crippen LogP contribution < -0.4 is 10.6 Å². The number of nitrogens with zero attached hydrogens (tertiary/aromatic N) is 2. The SMILES string of the molecule is Oc1cccc(Nc2nc(Cl)c3c(n2)CNCC3)c1. The van der Waals surface area contributed by atoms with E-state index >= 15 is 0 Å². The first-order chi connectivity index (χ1) is 9.22. The molecule has 0 atom stereocenters. The van der Waals surface area contributed by atoms with Crippen LogP contribution in [0.15, 0.2) is 24.3 Å². The van der Waals surface area contributed by atoms with Crippen LogP contribution in [0.4, 0.5) is 11.6 Å². The Kier molecular flexibility index (Phi) is 3.23. The molecule has 6 heteroatoms. The topological polar surface area (TPSA) is 70.1 Å².